The van der Waals surface area contributed by atoms with Crippen LogP contribution < -0.4 is 15.5 Å². The van der Waals surface area contributed by atoms with E-state index in [1.807, 2.05) is 24.3 Å². The van der Waals surface area contributed by atoms with Gasteiger partial charge in [-0.3, -0.25) is 9.59 Å². The molecule has 0 atom stereocenters. The zero-order valence-corrected chi connectivity index (χ0v) is 18.0. The average molecular weight is 443 g/mol. The molecule has 0 radical (unpaired) electrons. The number of para-hydroxylation sites is 2. The van der Waals surface area contributed by atoms with Crippen molar-refractivity contribution in [2.75, 3.05) is 41.7 Å². The second-order valence-corrected chi connectivity index (χ2v) is 9.64. The van der Waals surface area contributed by atoms with Gasteiger partial charge < -0.3 is 15.5 Å². The Labute approximate surface area is 182 Å². The maximum atomic E-state index is 12.7. The van der Waals surface area contributed by atoms with Crippen LogP contribution in [0, 0.1) is 0 Å². The van der Waals surface area contributed by atoms with E-state index in [2.05, 4.69) is 10.6 Å². The van der Waals surface area contributed by atoms with Crippen molar-refractivity contribution in [2.24, 2.45) is 0 Å². The number of benzene rings is 2. The Bertz CT molecular complexity index is 1080. The van der Waals surface area contributed by atoms with Gasteiger partial charge in [-0.1, -0.05) is 18.2 Å². The van der Waals surface area contributed by atoms with Gasteiger partial charge in [0.05, 0.1) is 22.8 Å². The van der Waals surface area contributed by atoms with Gasteiger partial charge in [-0.15, -0.1) is 0 Å². The van der Waals surface area contributed by atoms with Gasteiger partial charge in [0, 0.05) is 31.7 Å². The molecule has 9 heteroatoms. The third-order valence-electron chi connectivity index (χ3n) is 5.53. The van der Waals surface area contributed by atoms with Crippen LogP contribution in [0.15, 0.2) is 53.4 Å². The minimum absolute atomic E-state index is 0.0118. The van der Waals surface area contributed by atoms with Crippen molar-refractivity contribution in [3.05, 3.63) is 48.5 Å². The summed E-state index contributed by atoms with van der Waals surface area (Å²) < 4.78 is 27.0. The summed E-state index contributed by atoms with van der Waals surface area (Å²) in [5, 5.41) is 5.84. The molecule has 164 valence electrons. The zero-order chi connectivity index (χ0) is 21.8. The van der Waals surface area contributed by atoms with Crippen molar-refractivity contribution >= 4 is 38.9 Å². The van der Waals surface area contributed by atoms with E-state index in [9.17, 15) is 18.0 Å². The largest absolute Gasteiger partial charge is 0.374 e. The molecule has 0 unspecified atom stereocenters. The summed E-state index contributed by atoms with van der Waals surface area (Å²) in [6.45, 7) is 1.72. The molecule has 0 bridgehead atoms. The molecule has 2 saturated heterocycles. The number of anilines is 3. The normalized spacial score (nSPS) is 17.2. The predicted molar refractivity (Wildman–Crippen MR) is 120 cm³/mol. The monoisotopic (exact) mass is 442 g/mol. The van der Waals surface area contributed by atoms with Gasteiger partial charge in [-0.25, -0.2) is 8.42 Å². The molecule has 8 nitrogen and oxygen atoms in total. The first-order chi connectivity index (χ1) is 14.9. The molecule has 2 amide bonds. The van der Waals surface area contributed by atoms with Crippen LogP contribution in [-0.2, 0) is 19.6 Å². The predicted octanol–water partition coefficient (Wildman–Crippen LogP) is 2.65. The maximum absolute atomic E-state index is 12.7. The molecule has 4 rings (SSSR count). The van der Waals surface area contributed by atoms with E-state index in [1.54, 1.807) is 23.1 Å². The maximum Gasteiger partial charge on any atom is 0.243 e. The molecule has 2 aromatic carbocycles. The molecule has 2 aliphatic heterocycles. The highest BCUT2D eigenvalue weighted by Gasteiger charge is 2.27. The Kier molecular flexibility index (Phi) is 6.24. The number of nitrogens with zero attached hydrogens (tertiary/aromatic N) is 2. The van der Waals surface area contributed by atoms with Crippen molar-refractivity contribution in [3.63, 3.8) is 0 Å². The number of sulfonamides is 1. The van der Waals surface area contributed by atoms with Crippen molar-refractivity contribution in [1.29, 1.82) is 0 Å². The Morgan fingerprint density at radius 1 is 0.968 bits per heavy atom. The summed E-state index contributed by atoms with van der Waals surface area (Å²) in [5.74, 6) is -0.229. The zero-order valence-electron chi connectivity index (χ0n) is 17.2. The SMILES string of the molecule is O=C(CNc1ccccc1N1CCCC1=O)Nc1cccc(S(=O)(=O)N2CCCC2)c1. The standard InChI is InChI=1S/C22H26N4O4S/c27-21(16-23-19-9-1-2-10-20(19)26-14-6-11-22(26)28)24-17-7-5-8-18(15-17)31(29,30)25-12-3-4-13-25/h1-2,5,7-10,15,23H,3-4,6,11-14,16H2,(H,24,27). The lowest BCUT2D eigenvalue weighted by Crippen LogP contribution is -2.28. The molecule has 2 aromatic rings. The first-order valence-electron chi connectivity index (χ1n) is 10.5. The van der Waals surface area contributed by atoms with Crippen LogP contribution in [0.25, 0.3) is 0 Å². The van der Waals surface area contributed by atoms with Crippen LogP contribution in [0.5, 0.6) is 0 Å². The number of amides is 2. The number of rotatable bonds is 7. The fourth-order valence-corrected chi connectivity index (χ4v) is 5.52. The number of hydrogen-bond acceptors (Lipinski definition) is 5. The second-order valence-electron chi connectivity index (χ2n) is 7.71. The van der Waals surface area contributed by atoms with Crippen molar-refractivity contribution in [1.82, 2.24) is 4.31 Å². The topological polar surface area (TPSA) is 98.8 Å². The lowest BCUT2D eigenvalue weighted by atomic mass is 10.2. The fourth-order valence-electron chi connectivity index (χ4n) is 3.95. The molecule has 0 aromatic heterocycles. The van der Waals surface area contributed by atoms with Crippen LogP contribution in [-0.4, -0.2) is 50.7 Å². The Morgan fingerprint density at radius 3 is 2.48 bits per heavy atom. The molecule has 0 aliphatic carbocycles. The lowest BCUT2D eigenvalue weighted by Gasteiger charge is -2.20. The van der Waals surface area contributed by atoms with Gasteiger partial charge in [-0.05, 0) is 49.6 Å². The third-order valence-corrected chi connectivity index (χ3v) is 7.42. The summed E-state index contributed by atoms with van der Waals surface area (Å²) >= 11 is 0. The van der Waals surface area contributed by atoms with Crippen LogP contribution in [0.4, 0.5) is 17.1 Å². The van der Waals surface area contributed by atoms with Gasteiger partial charge in [-0.2, -0.15) is 4.31 Å². The summed E-state index contributed by atoms with van der Waals surface area (Å²) in [5.41, 5.74) is 1.89. The smallest absolute Gasteiger partial charge is 0.243 e. The van der Waals surface area contributed by atoms with Gasteiger partial charge in [0.2, 0.25) is 21.8 Å². The second kappa shape index (κ2) is 9.07. The van der Waals surface area contributed by atoms with Crippen LogP contribution in [0.2, 0.25) is 0 Å². The molecule has 2 N–H and O–H groups in total. The molecule has 2 heterocycles. The van der Waals surface area contributed by atoms with Gasteiger partial charge in [0.15, 0.2) is 0 Å². The van der Waals surface area contributed by atoms with Crippen LogP contribution in [0.3, 0.4) is 0 Å². The van der Waals surface area contributed by atoms with E-state index in [-0.39, 0.29) is 23.3 Å². The average Bonchev–Trinajstić information content (AvgIpc) is 3.45. The summed E-state index contributed by atoms with van der Waals surface area (Å²) in [6.07, 6.45) is 3.09. The Hall–Kier alpha value is -2.91. The molecule has 31 heavy (non-hydrogen) atoms. The molecule has 2 aliphatic rings. The summed E-state index contributed by atoms with van der Waals surface area (Å²) in [4.78, 5) is 26.5. The van der Waals surface area contributed by atoms with E-state index < -0.39 is 10.0 Å². The molecule has 0 spiro atoms. The van der Waals surface area contributed by atoms with Crippen molar-refractivity contribution < 1.29 is 18.0 Å². The quantitative estimate of drug-likeness (QED) is 0.687. The summed E-state index contributed by atoms with van der Waals surface area (Å²) in [6, 6.07) is 13.7. The molecule has 0 saturated carbocycles. The van der Waals surface area contributed by atoms with Gasteiger partial charge in [0.25, 0.3) is 0 Å². The Balaban J connectivity index is 1.41. The third kappa shape index (κ3) is 4.72. The lowest BCUT2D eigenvalue weighted by molar-refractivity contribution is -0.117. The van der Waals surface area contributed by atoms with E-state index in [1.165, 1.54) is 10.4 Å². The number of nitrogens with one attached hydrogen (secondary N) is 2. The highest BCUT2D eigenvalue weighted by molar-refractivity contribution is 7.89. The highest BCUT2D eigenvalue weighted by Crippen LogP contribution is 2.29. The van der Waals surface area contributed by atoms with E-state index in [0.29, 0.717) is 37.4 Å². The number of carbonyl (C=O) groups is 2. The summed E-state index contributed by atoms with van der Waals surface area (Å²) in [7, 11) is -3.54. The van der Waals surface area contributed by atoms with Crippen molar-refractivity contribution in [3.8, 4) is 0 Å². The van der Waals surface area contributed by atoms with Crippen molar-refractivity contribution in [2.45, 2.75) is 30.6 Å². The fraction of sp³-hybridized carbons (Fsp3) is 0.364. The minimum atomic E-state index is -3.54. The van der Waals surface area contributed by atoms with E-state index in [4.69, 9.17) is 0 Å². The minimum Gasteiger partial charge on any atom is -0.374 e. The number of carbonyl (C=O) groups excluding carboxylic acids is 2. The Morgan fingerprint density at radius 2 is 1.74 bits per heavy atom. The van der Waals surface area contributed by atoms with E-state index in [0.717, 1.165) is 24.9 Å². The number of hydrogen-bond donors (Lipinski definition) is 2. The van der Waals surface area contributed by atoms with E-state index >= 15 is 0 Å². The first-order valence-corrected chi connectivity index (χ1v) is 11.9. The first kappa shape index (κ1) is 21.3. The molecular formula is C22H26N4O4S. The van der Waals surface area contributed by atoms with Crippen LogP contribution in [0.1, 0.15) is 25.7 Å². The highest BCUT2D eigenvalue weighted by atomic mass is 32.2. The van der Waals surface area contributed by atoms with Gasteiger partial charge in [0.1, 0.15) is 0 Å². The van der Waals surface area contributed by atoms with Gasteiger partial charge >= 0.3 is 0 Å². The molecular weight excluding hydrogens is 416 g/mol. The van der Waals surface area contributed by atoms with Crippen LogP contribution >= 0.6 is 0 Å². The molecule has 2 fully saturated rings.